The van der Waals surface area contributed by atoms with Crippen molar-refractivity contribution < 1.29 is 19.8 Å². The molecule has 1 amide bonds. The lowest BCUT2D eigenvalue weighted by Crippen LogP contribution is -2.39. The van der Waals surface area contributed by atoms with E-state index in [0.29, 0.717) is 5.56 Å². The number of rotatable bonds is 5. The van der Waals surface area contributed by atoms with Crippen molar-refractivity contribution in [3.05, 3.63) is 29.8 Å². The Morgan fingerprint density at radius 1 is 1.44 bits per heavy atom. The fourth-order valence-electron chi connectivity index (χ4n) is 1.17. The van der Waals surface area contributed by atoms with Gasteiger partial charge in [0.2, 0.25) is 5.91 Å². The van der Waals surface area contributed by atoms with Crippen molar-refractivity contribution in [3.63, 3.8) is 0 Å². The molecular formula is C12H14N2O4. The van der Waals surface area contributed by atoms with Crippen LogP contribution in [0.25, 0.3) is 0 Å². The first-order valence-electron chi connectivity index (χ1n) is 5.30. The number of carbonyl (C=O) groups is 2. The van der Waals surface area contributed by atoms with Crippen LogP contribution in [0.3, 0.4) is 0 Å². The number of amides is 1. The zero-order chi connectivity index (χ0) is 13.5. The molecule has 1 atom stereocenters. The summed E-state index contributed by atoms with van der Waals surface area (Å²) in [7, 11) is 0. The molecule has 0 spiro atoms. The Hall–Kier alpha value is -2.37. The summed E-state index contributed by atoms with van der Waals surface area (Å²) >= 11 is 0. The Balaban J connectivity index is 2.48. The highest BCUT2D eigenvalue weighted by atomic mass is 16.4. The third kappa shape index (κ3) is 4.25. The number of hydrogen-bond donors (Lipinski definition) is 3. The van der Waals surface area contributed by atoms with E-state index in [2.05, 4.69) is 10.3 Å². The van der Waals surface area contributed by atoms with Gasteiger partial charge in [0.15, 0.2) is 0 Å². The van der Waals surface area contributed by atoms with Gasteiger partial charge in [-0.15, -0.1) is 0 Å². The molecule has 0 saturated heterocycles. The van der Waals surface area contributed by atoms with Gasteiger partial charge in [0.1, 0.15) is 18.3 Å². The van der Waals surface area contributed by atoms with Gasteiger partial charge in [-0.2, -0.15) is 0 Å². The maximum atomic E-state index is 11.3. The van der Waals surface area contributed by atoms with Crippen LogP contribution in [0.4, 0.5) is 0 Å². The van der Waals surface area contributed by atoms with Crippen LogP contribution in [-0.4, -0.2) is 40.9 Å². The summed E-state index contributed by atoms with van der Waals surface area (Å²) in [5, 5.41) is 20.3. The molecule has 18 heavy (non-hydrogen) atoms. The van der Waals surface area contributed by atoms with E-state index >= 15 is 0 Å². The molecule has 96 valence electrons. The topological polar surface area (TPSA) is 99.0 Å². The molecule has 0 saturated carbocycles. The standard InChI is InChI=1S/C12H14N2O4/c1-8(12(17)18)14-11(16)7-13-6-9-4-2-3-5-10(9)15/h2-6,8,15H,7H2,1H3,(H,14,16)(H,17,18). The highest BCUT2D eigenvalue weighted by molar-refractivity contribution is 5.88. The van der Waals surface area contributed by atoms with Gasteiger partial charge in [-0.25, -0.2) is 0 Å². The summed E-state index contributed by atoms with van der Waals surface area (Å²) in [6.07, 6.45) is 1.36. The number of aliphatic imine (C=N–C) groups is 1. The smallest absolute Gasteiger partial charge is 0.325 e. The van der Waals surface area contributed by atoms with E-state index in [1.807, 2.05) is 0 Å². The van der Waals surface area contributed by atoms with E-state index in [9.17, 15) is 14.7 Å². The van der Waals surface area contributed by atoms with E-state index in [1.165, 1.54) is 19.2 Å². The normalized spacial score (nSPS) is 12.3. The first-order valence-corrected chi connectivity index (χ1v) is 5.30. The molecular weight excluding hydrogens is 236 g/mol. The summed E-state index contributed by atoms with van der Waals surface area (Å²) in [4.78, 5) is 25.6. The molecule has 1 aromatic carbocycles. The summed E-state index contributed by atoms with van der Waals surface area (Å²) in [5.74, 6) is -1.52. The highest BCUT2D eigenvalue weighted by Crippen LogP contribution is 2.12. The van der Waals surface area contributed by atoms with Crippen LogP contribution in [0.1, 0.15) is 12.5 Å². The van der Waals surface area contributed by atoms with E-state index in [4.69, 9.17) is 5.11 Å². The van der Waals surface area contributed by atoms with Crippen molar-refractivity contribution in [1.82, 2.24) is 5.32 Å². The molecule has 1 aromatic rings. The molecule has 0 aliphatic carbocycles. The number of nitrogens with one attached hydrogen (secondary N) is 1. The van der Waals surface area contributed by atoms with Gasteiger partial charge >= 0.3 is 5.97 Å². The molecule has 0 aromatic heterocycles. The zero-order valence-corrected chi connectivity index (χ0v) is 9.83. The Morgan fingerprint density at radius 2 is 2.11 bits per heavy atom. The average molecular weight is 250 g/mol. The average Bonchev–Trinajstić information content (AvgIpc) is 2.31. The van der Waals surface area contributed by atoms with Crippen molar-refractivity contribution in [2.75, 3.05) is 6.54 Å². The summed E-state index contributed by atoms with van der Waals surface area (Å²) in [6, 6.07) is 5.62. The van der Waals surface area contributed by atoms with Crippen LogP contribution in [-0.2, 0) is 9.59 Å². The Bertz CT molecular complexity index is 471. The quantitative estimate of drug-likeness (QED) is 0.659. The molecule has 1 unspecified atom stereocenters. The van der Waals surface area contributed by atoms with Crippen molar-refractivity contribution >= 4 is 18.1 Å². The van der Waals surface area contributed by atoms with Crippen LogP contribution in [0.15, 0.2) is 29.3 Å². The number of benzene rings is 1. The first kappa shape index (κ1) is 13.7. The second-order valence-electron chi connectivity index (χ2n) is 3.66. The monoisotopic (exact) mass is 250 g/mol. The minimum atomic E-state index is -1.10. The number of phenols is 1. The third-order valence-corrected chi connectivity index (χ3v) is 2.15. The molecule has 6 nitrogen and oxygen atoms in total. The van der Waals surface area contributed by atoms with Gasteiger partial charge in [0.05, 0.1) is 0 Å². The number of carboxylic acid groups (broad SMARTS) is 1. The predicted molar refractivity (Wildman–Crippen MR) is 65.8 cm³/mol. The lowest BCUT2D eigenvalue weighted by atomic mass is 10.2. The van der Waals surface area contributed by atoms with Gasteiger partial charge < -0.3 is 15.5 Å². The molecule has 6 heteroatoms. The van der Waals surface area contributed by atoms with Crippen molar-refractivity contribution in [2.24, 2.45) is 4.99 Å². The highest BCUT2D eigenvalue weighted by Gasteiger charge is 2.12. The number of aliphatic carboxylic acids is 1. The maximum absolute atomic E-state index is 11.3. The fraction of sp³-hybridized carbons (Fsp3) is 0.250. The number of aromatic hydroxyl groups is 1. The minimum absolute atomic E-state index is 0.0700. The Labute approximate surface area is 104 Å². The lowest BCUT2D eigenvalue weighted by molar-refractivity contribution is -0.141. The second-order valence-corrected chi connectivity index (χ2v) is 3.66. The van der Waals surface area contributed by atoms with Crippen LogP contribution >= 0.6 is 0 Å². The molecule has 0 aliphatic rings. The second kappa shape index (κ2) is 6.39. The summed E-state index contributed by atoms with van der Waals surface area (Å²) in [6.45, 7) is 1.18. The van der Waals surface area contributed by atoms with Gasteiger partial charge in [0, 0.05) is 11.8 Å². The number of carboxylic acids is 1. The molecule has 0 fully saturated rings. The number of phenolic OH excluding ortho intramolecular Hbond substituents is 1. The van der Waals surface area contributed by atoms with Gasteiger partial charge in [-0.3, -0.25) is 14.6 Å². The van der Waals surface area contributed by atoms with Crippen molar-refractivity contribution in [1.29, 1.82) is 0 Å². The fourth-order valence-corrected chi connectivity index (χ4v) is 1.17. The number of hydrogen-bond acceptors (Lipinski definition) is 4. The van der Waals surface area contributed by atoms with Gasteiger partial charge in [-0.1, -0.05) is 12.1 Å². The Morgan fingerprint density at radius 3 is 2.72 bits per heavy atom. The van der Waals surface area contributed by atoms with Gasteiger partial charge in [0.25, 0.3) is 0 Å². The van der Waals surface area contributed by atoms with Crippen LogP contribution in [0.2, 0.25) is 0 Å². The zero-order valence-electron chi connectivity index (χ0n) is 9.83. The molecule has 0 heterocycles. The lowest BCUT2D eigenvalue weighted by Gasteiger charge is -2.07. The molecule has 3 N–H and O–H groups in total. The Kier molecular flexibility index (Phi) is 4.86. The van der Waals surface area contributed by atoms with E-state index in [0.717, 1.165) is 0 Å². The largest absolute Gasteiger partial charge is 0.507 e. The number of carbonyl (C=O) groups excluding carboxylic acids is 1. The predicted octanol–water partition coefficient (Wildman–Crippen LogP) is 0.400. The van der Waals surface area contributed by atoms with Gasteiger partial charge in [-0.05, 0) is 19.1 Å². The van der Waals surface area contributed by atoms with Crippen LogP contribution in [0, 0.1) is 0 Å². The van der Waals surface area contributed by atoms with Crippen LogP contribution < -0.4 is 5.32 Å². The summed E-state index contributed by atoms with van der Waals surface area (Å²) in [5.41, 5.74) is 0.497. The summed E-state index contributed by atoms with van der Waals surface area (Å²) < 4.78 is 0. The first-order chi connectivity index (χ1) is 8.50. The number of nitrogens with zero attached hydrogens (tertiary/aromatic N) is 1. The van der Waals surface area contributed by atoms with Crippen molar-refractivity contribution in [3.8, 4) is 5.75 Å². The molecule has 0 bridgehead atoms. The third-order valence-electron chi connectivity index (χ3n) is 2.15. The van der Waals surface area contributed by atoms with Crippen molar-refractivity contribution in [2.45, 2.75) is 13.0 Å². The minimum Gasteiger partial charge on any atom is -0.507 e. The molecule has 0 radical (unpaired) electrons. The SMILES string of the molecule is CC(NC(=O)CN=Cc1ccccc1O)C(=O)O. The van der Waals surface area contributed by atoms with E-state index in [-0.39, 0.29) is 12.3 Å². The molecule has 1 rings (SSSR count). The maximum Gasteiger partial charge on any atom is 0.325 e. The number of para-hydroxylation sites is 1. The molecule has 0 aliphatic heterocycles. The van der Waals surface area contributed by atoms with E-state index in [1.54, 1.807) is 18.2 Å². The van der Waals surface area contributed by atoms with E-state index < -0.39 is 17.9 Å². The van der Waals surface area contributed by atoms with Crippen LogP contribution in [0.5, 0.6) is 5.75 Å².